The molecule has 98 valence electrons. The van der Waals surface area contributed by atoms with E-state index >= 15 is 0 Å². The lowest BCUT2D eigenvalue weighted by Gasteiger charge is -2.08. The van der Waals surface area contributed by atoms with E-state index in [1.165, 1.54) is 10.4 Å². The highest BCUT2D eigenvalue weighted by Crippen LogP contribution is 2.17. The Balaban J connectivity index is 2.09. The Hall–Kier alpha value is -0.590. The number of hydrogen-bond acceptors (Lipinski definition) is 3. The topological polar surface area (TPSA) is 21.3 Å². The predicted molar refractivity (Wildman–Crippen MR) is 62.3 cm³/mol. The van der Waals surface area contributed by atoms with E-state index in [2.05, 4.69) is 23.0 Å². The first kappa shape index (κ1) is 14.5. The van der Waals surface area contributed by atoms with E-state index in [1.54, 1.807) is 11.3 Å². The van der Waals surface area contributed by atoms with Crippen LogP contribution < -0.4 is 5.32 Å². The minimum absolute atomic E-state index is 0.0757. The number of ether oxygens (including phenoxy) is 1. The zero-order valence-electron chi connectivity index (χ0n) is 9.64. The van der Waals surface area contributed by atoms with Crippen molar-refractivity contribution in [2.75, 3.05) is 19.8 Å². The van der Waals surface area contributed by atoms with Crippen molar-refractivity contribution < 1.29 is 17.9 Å². The molecule has 0 atom stereocenters. The largest absolute Gasteiger partial charge is 0.411 e. The molecule has 0 unspecified atom stereocenters. The summed E-state index contributed by atoms with van der Waals surface area (Å²) in [5.41, 5.74) is 1.29. The van der Waals surface area contributed by atoms with Crippen LogP contribution >= 0.6 is 11.3 Å². The Kier molecular flexibility index (Phi) is 5.94. The van der Waals surface area contributed by atoms with Crippen LogP contribution in [0.25, 0.3) is 0 Å². The maximum absolute atomic E-state index is 11.7. The molecule has 0 saturated carbocycles. The molecule has 0 aromatic carbocycles. The van der Waals surface area contributed by atoms with Gasteiger partial charge in [0.15, 0.2) is 0 Å². The first-order chi connectivity index (χ1) is 8.03. The summed E-state index contributed by atoms with van der Waals surface area (Å²) in [6.07, 6.45) is -3.26. The molecule has 2 nitrogen and oxygen atoms in total. The zero-order valence-corrected chi connectivity index (χ0v) is 10.5. The molecular formula is C11H16F3NOS. The highest BCUT2D eigenvalue weighted by atomic mass is 32.1. The van der Waals surface area contributed by atoms with E-state index in [-0.39, 0.29) is 6.61 Å². The van der Waals surface area contributed by atoms with Gasteiger partial charge >= 0.3 is 6.18 Å². The molecule has 6 heteroatoms. The molecule has 0 saturated heterocycles. The summed E-state index contributed by atoms with van der Waals surface area (Å²) >= 11 is 1.66. The molecule has 0 bridgehead atoms. The van der Waals surface area contributed by atoms with Gasteiger partial charge in [-0.2, -0.15) is 13.2 Å². The maximum Gasteiger partial charge on any atom is 0.411 e. The number of rotatable bonds is 7. The molecule has 1 rings (SSSR count). The Labute approximate surface area is 103 Å². The zero-order chi connectivity index (χ0) is 12.7. The van der Waals surface area contributed by atoms with E-state index in [9.17, 15) is 13.2 Å². The molecule has 0 radical (unpaired) electrons. The van der Waals surface area contributed by atoms with E-state index in [4.69, 9.17) is 0 Å². The average molecular weight is 267 g/mol. The first-order valence-corrected chi connectivity index (χ1v) is 6.31. The number of aryl methyl sites for hydroxylation is 1. The Morgan fingerprint density at radius 2 is 2.18 bits per heavy atom. The number of hydrogen-bond donors (Lipinski definition) is 1. The van der Waals surface area contributed by atoms with Gasteiger partial charge < -0.3 is 10.1 Å². The van der Waals surface area contributed by atoms with E-state index in [0.29, 0.717) is 13.1 Å². The van der Waals surface area contributed by atoms with Crippen LogP contribution in [0.4, 0.5) is 13.2 Å². The lowest BCUT2D eigenvalue weighted by Crippen LogP contribution is -2.23. The van der Waals surface area contributed by atoms with Crippen LogP contribution in [0.5, 0.6) is 0 Å². The van der Waals surface area contributed by atoms with E-state index < -0.39 is 12.8 Å². The van der Waals surface area contributed by atoms with Gasteiger partial charge in [-0.05, 0) is 23.4 Å². The third-order valence-corrected chi connectivity index (χ3v) is 3.16. The van der Waals surface area contributed by atoms with E-state index in [1.807, 2.05) is 5.38 Å². The third kappa shape index (κ3) is 6.05. The molecule has 0 fully saturated rings. The highest BCUT2D eigenvalue weighted by Gasteiger charge is 2.27. The molecule has 1 heterocycles. The summed E-state index contributed by atoms with van der Waals surface area (Å²) in [4.78, 5) is 1.24. The van der Waals surface area contributed by atoms with Gasteiger partial charge in [-0.15, -0.1) is 11.3 Å². The monoisotopic (exact) mass is 267 g/mol. The third-order valence-electron chi connectivity index (χ3n) is 2.19. The first-order valence-electron chi connectivity index (χ1n) is 5.43. The average Bonchev–Trinajstić information content (AvgIpc) is 2.69. The summed E-state index contributed by atoms with van der Waals surface area (Å²) < 4.78 is 39.7. The molecule has 1 aromatic heterocycles. The molecule has 0 spiro atoms. The smallest absolute Gasteiger partial charge is 0.371 e. The molecule has 17 heavy (non-hydrogen) atoms. The van der Waals surface area contributed by atoms with Crippen molar-refractivity contribution in [3.8, 4) is 0 Å². The van der Waals surface area contributed by atoms with Crippen LogP contribution in [0.1, 0.15) is 17.4 Å². The van der Waals surface area contributed by atoms with Crippen LogP contribution in [0, 0.1) is 0 Å². The summed E-state index contributed by atoms with van der Waals surface area (Å²) in [6, 6.07) is 2.07. The van der Waals surface area contributed by atoms with Crippen molar-refractivity contribution in [2.45, 2.75) is 26.1 Å². The number of thiophene rings is 1. The van der Waals surface area contributed by atoms with Crippen LogP contribution in [-0.2, 0) is 17.7 Å². The lowest BCUT2D eigenvalue weighted by atomic mass is 10.2. The Morgan fingerprint density at radius 1 is 1.41 bits per heavy atom. The van der Waals surface area contributed by atoms with Gasteiger partial charge in [0.25, 0.3) is 0 Å². The lowest BCUT2D eigenvalue weighted by molar-refractivity contribution is -0.173. The quantitative estimate of drug-likeness (QED) is 0.767. The fraction of sp³-hybridized carbons (Fsp3) is 0.636. The summed E-state index contributed by atoms with van der Waals surface area (Å²) in [6.45, 7) is 2.10. The van der Waals surface area contributed by atoms with Crippen molar-refractivity contribution in [3.63, 3.8) is 0 Å². The van der Waals surface area contributed by atoms with Crippen LogP contribution in [0.3, 0.4) is 0 Å². The normalized spacial score (nSPS) is 12.0. The number of nitrogens with one attached hydrogen (secondary N) is 1. The van der Waals surface area contributed by atoms with Crippen molar-refractivity contribution in [1.29, 1.82) is 0 Å². The van der Waals surface area contributed by atoms with Crippen molar-refractivity contribution >= 4 is 11.3 Å². The molecule has 0 amide bonds. The van der Waals surface area contributed by atoms with Crippen molar-refractivity contribution in [3.05, 3.63) is 21.9 Å². The molecule has 0 aliphatic rings. The molecule has 1 aromatic rings. The molecular weight excluding hydrogens is 251 g/mol. The fourth-order valence-electron chi connectivity index (χ4n) is 1.37. The van der Waals surface area contributed by atoms with Crippen molar-refractivity contribution in [1.82, 2.24) is 5.32 Å². The van der Waals surface area contributed by atoms with Gasteiger partial charge in [0.05, 0.1) is 6.61 Å². The highest BCUT2D eigenvalue weighted by molar-refractivity contribution is 7.10. The summed E-state index contributed by atoms with van der Waals surface area (Å²) in [7, 11) is 0. The number of halogens is 3. The second-order valence-electron chi connectivity index (χ2n) is 3.57. The predicted octanol–water partition coefficient (Wildman–Crippen LogP) is 2.98. The Morgan fingerprint density at radius 3 is 2.82 bits per heavy atom. The maximum atomic E-state index is 11.7. The molecule has 0 aliphatic heterocycles. The fourth-order valence-corrected chi connectivity index (χ4v) is 2.32. The van der Waals surface area contributed by atoms with Gasteiger partial charge in [0.1, 0.15) is 6.61 Å². The molecule has 1 N–H and O–H groups in total. The Bertz CT molecular complexity index is 325. The van der Waals surface area contributed by atoms with Gasteiger partial charge in [0, 0.05) is 18.0 Å². The van der Waals surface area contributed by atoms with Gasteiger partial charge in [-0.1, -0.05) is 6.92 Å². The van der Waals surface area contributed by atoms with Gasteiger partial charge in [-0.3, -0.25) is 0 Å². The second kappa shape index (κ2) is 6.98. The second-order valence-corrected chi connectivity index (χ2v) is 4.57. The van der Waals surface area contributed by atoms with E-state index in [0.717, 1.165) is 6.42 Å². The SMILES string of the molecule is CCc1ccsc1CNCCOCC(F)(F)F. The minimum Gasteiger partial charge on any atom is -0.371 e. The van der Waals surface area contributed by atoms with Crippen LogP contribution in [-0.4, -0.2) is 25.9 Å². The van der Waals surface area contributed by atoms with Crippen molar-refractivity contribution in [2.24, 2.45) is 0 Å². The summed E-state index contributed by atoms with van der Waals surface area (Å²) in [5, 5.41) is 5.09. The van der Waals surface area contributed by atoms with Gasteiger partial charge in [0.2, 0.25) is 0 Å². The minimum atomic E-state index is -4.23. The van der Waals surface area contributed by atoms with Crippen LogP contribution in [0.2, 0.25) is 0 Å². The van der Waals surface area contributed by atoms with Gasteiger partial charge in [-0.25, -0.2) is 0 Å². The standard InChI is InChI=1S/C11H16F3NOS/c1-2-9-3-6-17-10(9)7-15-4-5-16-8-11(12,13)14/h3,6,15H,2,4-5,7-8H2,1H3. The summed E-state index contributed by atoms with van der Waals surface area (Å²) in [5.74, 6) is 0. The number of alkyl halides is 3. The molecule has 0 aliphatic carbocycles. The van der Waals surface area contributed by atoms with Crippen LogP contribution in [0.15, 0.2) is 11.4 Å².